The molecule has 0 N–H and O–H groups in total. The first-order valence-electron chi connectivity index (χ1n) is 8.44. The van der Waals surface area contributed by atoms with E-state index in [1.807, 2.05) is 21.8 Å². The zero-order chi connectivity index (χ0) is 16.1. The van der Waals surface area contributed by atoms with Crippen LogP contribution < -0.4 is 0 Å². The molecular formula is C18H24N4O. The van der Waals surface area contributed by atoms with E-state index in [-0.39, 0.29) is 0 Å². The number of carbonyl (C=O) groups excluding carboxylic acids is 1. The Kier molecular flexibility index (Phi) is 5.05. The smallest absolute Gasteiger partial charge is 0.222 e. The Balaban J connectivity index is 1.47. The monoisotopic (exact) mass is 312 g/mol. The number of aromatic nitrogens is 3. The van der Waals surface area contributed by atoms with E-state index in [0.29, 0.717) is 18.2 Å². The van der Waals surface area contributed by atoms with Crippen LogP contribution in [0.15, 0.2) is 36.5 Å². The molecule has 0 unspecified atom stereocenters. The molecule has 1 fully saturated rings. The first kappa shape index (κ1) is 15.7. The maximum absolute atomic E-state index is 11.6. The van der Waals surface area contributed by atoms with Gasteiger partial charge in [0.05, 0.1) is 5.69 Å². The Morgan fingerprint density at radius 1 is 1.22 bits per heavy atom. The lowest BCUT2D eigenvalue weighted by Gasteiger charge is -2.14. The van der Waals surface area contributed by atoms with Crippen LogP contribution in [-0.4, -0.2) is 38.9 Å². The fourth-order valence-electron chi connectivity index (χ4n) is 3.12. The summed E-state index contributed by atoms with van der Waals surface area (Å²) in [6, 6.07) is 10.5. The normalized spacial score (nSPS) is 16.0. The van der Waals surface area contributed by atoms with Gasteiger partial charge in [-0.15, -0.1) is 5.10 Å². The molecule has 1 aliphatic heterocycles. The quantitative estimate of drug-likeness (QED) is 0.790. The van der Waals surface area contributed by atoms with Crippen molar-refractivity contribution >= 4 is 5.91 Å². The second-order valence-corrected chi connectivity index (χ2v) is 6.33. The van der Waals surface area contributed by atoms with Crippen LogP contribution in [0.3, 0.4) is 0 Å². The summed E-state index contributed by atoms with van der Waals surface area (Å²) < 4.78 is 1.90. The summed E-state index contributed by atoms with van der Waals surface area (Å²) in [5.41, 5.74) is 2.35. The first-order chi connectivity index (χ1) is 11.2. The SMILES string of the molecule is C[C@@H](Cc1cn(CCCN2CCCC2=O)nn1)c1ccccc1. The lowest BCUT2D eigenvalue weighted by molar-refractivity contribution is -0.127. The maximum atomic E-state index is 11.6. The molecule has 0 saturated carbocycles. The van der Waals surface area contributed by atoms with E-state index in [1.54, 1.807) is 0 Å². The third-order valence-corrected chi connectivity index (χ3v) is 4.46. The second-order valence-electron chi connectivity index (χ2n) is 6.33. The van der Waals surface area contributed by atoms with E-state index in [1.165, 1.54) is 5.56 Å². The van der Waals surface area contributed by atoms with Gasteiger partial charge in [-0.2, -0.15) is 0 Å². The van der Waals surface area contributed by atoms with Gasteiger partial charge in [0.25, 0.3) is 0 Å². The van der Waals surface area contributed by atoms with Crippen molar-refractivity contribution in [2.24, 2.45) is 0 Å². The first-order valence-corrected chi connectivity index (χ1v) is 8.44. The van der Waals surface area contributed by atoms with E-state index in [2.05, 4.69) is 41.5 Å². The summed E-state index contributed by atoms with van der Waals surface area (Å²) in [4.78, 5) is 13.5. The second kappa shape index (κ2) is 7.40. The van der Waals surface area contributed by atoms with Crippen LogP contribution in [0.4, 0.5) is 0 Å². The molecule has 1 aromatic carbocycles. The van der Waals surface area contributed by atoms with Crippen molar-refractivity contribution in [3.8, 4) is 0 Å². The molecule has 1 aliphatic rings. The number of likely N-dealkylation sites (tertiary alicyclic amines) is 1. The van der Waals surface area contributed by atoms with Crippen molar-refractivity contribution in [1.29, 1.82) is 0 Å². The molecule has 2 aromatic rings. The largest absolute Gasteiger partial charge is 0.343 e. The topological polar surface area (TPSA) is 51.0 Å². The third-order valence-electron chi connectivity index (χ3n) is 4.46. The van der Waals surface area contributed by atoms with Crippen molar-refractivity contribution in [3.05, 3.63) is 47.8 Å². The zero-order valence-corrected chi connectivity index (χ0v) is 13.7. The zero-order valence-electron chi connectivity index (χ0n) is 13.7. The average molecular weight is 312 g/mol. The van der Waals surface area contributed by atoms with Crippen molar-refractivity contribution in [2.45, 2.75) is 45.1 Å². The molecular weight excluding hydrogens is 288 g/mol. The molecule has 1 atom stereocenters. The van der Waals surface area contributed by atoms with E-state index in [4.69, 9.17) is 0 Å². The number of hydrogen-bond acceptors (Lipinski definition) is 3. The van der Waals surface area contributed by atoms with Crippen molar-refractivity contribution in [3.63, 3.8) is 0 Å². The highest BCUT2D eigenvalue weighted by Gasteiger charge is 2.19. The Morgan fingerprint density at radius 2 is 2.04 bits per heavy atom. The van der Waals surface area contributed by atoms with Crippen LogP contribution >= 0.6 is 0 Å². The predicted octanol–water partition coefficient (Wildman–Crippen LogP) is 2.64. The van der Waals surface area contributed by atoms with Crippen LogP contribution in [0.5, 0.6) is 0 Å². The Bertz CT molecular complexity index is 637. The van der Waals surface area contributed by atoms with E-state index < -0.39 is 0 Å². The fraction of sp³-hybridized carbons (Fsp3) is 0.500. The van der Waals surface area contributed by atoms with Gasteiger partial charge in [-0.05, 0) is 30.7 Å². The van der Waals surface area contributed by atoms with Gasteiger partial charge in [-0.3, -0.25) is 9.48 Å². The number of aryl methyl sites for hydroxylation is 1. The third kappa shape index (κ3) is 4.18. The van der Waals surface area contributed by atoms with Crippen LogP contribution in [-0.2, 0) is 17.8 Å². The van der Waals surface area contributed by atoms with Crippen molar-refractivity contribution in [1.82, 2.24) is 19.9 Å². The maximum Gasteiger partial charge on any atom is 0.222 e. The summed E-state index contributed by atoms with van der Waals surface area (Å²) in [6.07, 6.45) is 5.58. The van der Waals surface area contributed by atoms with Gasteiger partial charge in [-0.1, -0.05) is 42.5 Å². The highest BCUT2D eigenvalue weighted by molar-refractivity contribution is 5.77. The van der Waals surface area contributed by atoms with Crippen LogP contribution in [0, 0.1) is 0 Å². The number of hydrogen-bond donors (Lipinski definition) is 0. The van der Waals surface area contributed by atoms with Gasteiger partial charge in [0.1, 0.15) is 0 Å². The number of rotatable bonds is 7. The molecule has 0 aliphatic carbocycles. The predicted molar refractivity (Wildman–Crippen MR) is 89.0 cm³/mol. The minimum atomic E-state index is 0.293. The summed E-state index contributed by atoms with van der Waals surface area (Å²) in [5.74, 6) is 0.726. The molecule has 23 heavy (non-hydrogen) atoms. The van der Waals surface area contributed by atoms with Crippen LogP contribution in [0.2, 0.25) is 0 Å². The molecule has 5 heteroatoms. The van der Waals surface area contributed by atoms with Crippen molar-refractivity contribution < 1.29 is 4.79 Å². The van der Waals surface area contributed by atoms with Crippen LogP contribution in [0.1, 0.15) is 43.4 Å². The minimum Gasteiger partial charge on any atom is -0.343 e. The molecule has 3 rings (SSSR count). The van der Waals surface area contributed by atoms with Gasteiger partial charge in [0.2, 0.25) is 5.91 Å². The molecule has 0 bridgehead atoms. The van der Waals surface area contributed by atoms with Crippen LogP contribution in [0.25, 0.3) is 0 Å². The molecule has 1 saturated heterocycles. The Labute approximate surface area is 137 Å². The fourth-order valence-corrected chi connectivity index (χ4v) is 3.12. The molecule has 1 amide bonds. The van der Waals surface area contributed by atoms with Gasteiger partial charge in [-0.25, -0.2) is 0 Å². The summed E-state index contributed by atoms with van der Waals surface area (Å²) in [5, 5.41) is 8.49. The summed E-state index contributed by atoms with van der Waals surface area (Å²) in [7, 11) is 0. The molecule has 0 spiro atoms. The number of amides is 1. The Morgan fingerprint density at radius 3 is 2.78 bits per heavy atom. The summed E-state index contributed by atoms with van der Waals surface area (Å²) >= 11 is 0. The highest BCUT2D eigenvalue weighted by Crippen LogP contribution is 2.18. The van der Waals surface area contributed by atoms with E-state index in [0.717, 1.165) is 44.6 Å². The van der Waals surface area contributed by atoms with Crippen molar-refractivity contribution in [2.75, 3.05) is 13.1 Å². The van der Waals surface area contributed by atoms with Gasteiger partial charge in [0.15, 0.2) is 0 Å². The van der Waals surface area contributed by atoms with E-state index in [9.17, 15) is 4.79 Å². The van der Waals surface area contributed by atoms with E-state index >= 15 is 0 Å². The summed E-state index contributed by atoms with van der Waals surface area (Å²) in [6.45, 7) is 4.77. The van der Waals surface area contributed by atoms with Gasteiger partial charge >= 0.3 is 0 Å². The molecule has 122 valence electrons. The number of nitrogens with zero attached hydrogens (tertiary/aromatic N) is 4. The molecule has 2 heterocycles. The Hall–Kier alpha value is -2.17. The lowest BCUT2D eigenvalue weighted by atomic mass is 9.97. The highest BCUT2D eigenvalue weighted by atomic mass is 16.2. The molecule has 0 radical (unpaired) electrons. The molecule has 5 nitrogen and oxygen atoms in total. The number of carbonyl (C=O) groups is 1. The number of benzene rings is 1. The van der Waals surface area contributed by atoms with Gasteiger partial charge < -0.3 is 4.90 Å². The lowest BCUT2D eigenvalue weighted by Crippen LogP contribution is -2.26. The van der Waals surface area contributed by atoms with Gasteiger partial charge in [0, 0.05) is 32.3 Å². The standard InChI is InChI=1S/C18H24N4O/c1-15(16-7-3-2-4-8-16)13-17-14-22(20-19-17)12-6-11-21-10-5-9-18(21)23/h2-4,7-8,14-15H,5-6,9-13H2,1H3/t15-/m0/s1. The minimum absolute atomic E-state index is 0.293. The molecule has 1 aromatic heterocycles. The average Bonchev–Trinajstić information content (AvgIpc) is 3.18.